The van der Waals surface area contributed by atoms with Gasteiger partial charge < -0.3 is 9.80 Å². The molecule has 0 spiro atoms. The van der Waals surface area contributed by atoms with Gasteiger partial charge in [0.2, 0.25) is 0 Å². The molecule has 3 aromatic rings. The van der Waals surface area contributed by atoms with Gasteiger partial charge in [0.15, 0.2) is 0 Å². The van der Waals surface area contributed by atoms with Gasteiger partial charge in [-0.1, -0.05) is 0 Å². The van der Waals surface area contributed by atoms with Crippen molar-refractivity contribution in [3.05, 3.63) is 53.9 Å². The summed E-state index contributed by atoms with van der Waals surface area (Å²) < 4.78 is 1.95. The minimum Gasteiger partial charge on any atom is -0.353 e. The maximum Gasteiger partial charge on any atom is 0.274 e. The third-order valence-corrected chi connectivity index (χ3v) is 5.03. The van der Waals surface area contributed by atoms with Crippen LogP contribution in [-0.2, 0) is 0 Å². The van der Waals surface area contributed by atoms with E-state index in [1.165, 1.54) is 6.20 Å². The highest BCUT2D eigenvalue weighted by molar-refractivity contribution is 5.92. The lowest BCUT2D eigenvalue weighted by Gasteiger charge is -2.35. The number of carbonyl (C=O) groups is 1. The smallest absolute Gasteiger partial charge is 0.274 e. The Labute approximate surface area is 163 Å². The molecule has 0 aliphatic carbocycles. The molecule has 3 aromatic heterocycles. The summed E-state index contributed by atoms with van der Waals surface area (Å²) in [6.45, 7) is 8.45. The first-order valence-electron chi connectivity index (χ1n) is 9.19. The van der Waals surface area contributed by atoms with Crippen molar-refractivity contribution in [3.63, 3.8) is 0 Å². The van der Waals surface area contributed by atoms with Gasteiger partial charge >= 0.3 is 0 Å². The molecular formula is C19H22N8O. The molecular weight excluding hydrogens is 356 g/mol. The highest BCUT2D eigenvalue weighted by atomic mass is 16.2. The van der Waals surface area contributed by atoms with Crippen LogP contribution < -0.4 is 4.90 Å². The monoisotopic (exact) mass is 378 g/mol. The molecule has 1 aliphatic heterocycles. The van der Waals surface area contributed by atoms with Crippen molar-refractivity contribution in [1.82, 2.24) is 34.4 Å². The van der Waals surface area contributed by atoms with Crippen molar-refractivity contribution in [2.24, 2.45) is 0 Å². The van der Waals surface area contributed by atoms with Gasteiger partial charge in [0.1, 0.15) is 30.0 Å². The van der Waals surface area contributed by atoms with Crippen LogP contribution in [0.3, 0.4) is 0 Å². The minimum atomic E-state index is -0.0833. The number of anilines is 1. The average Bonchev–Trinajstić information content (AvgIpc) is 3.07. The van der Waals surface area contributed by atoms with E-state index >= 15 is 0 Å². The summed E-state index contributed by atoms with van der Waals surface area (Å²) in [6.07, 6.45) is 6.50. The molecule has 1 aliphatic rings. The zero-order chi connectivity index (χ0) is 19.7. The molecule has 9 heteroatoms. The SMILES string of the molecule is Cc1cnc(C(=O)N2CCN(c3cc(-n4cnc(C)c4C)ncn3)CC2)cn1. The van der Waals surface area contributed by atoms with Crippen LogP contribution in [0.4, 0.5) is 5.82 Å². The zero-order valence-electron chi connectivity index (χ0n) is 16.2. The number of carbonyl (C=O) groups excluding carboxylic acids is 1. The molecule has 1 saturated heterocycles. The molecule has 0 atom stereocenters. The van der Waals surface area contributed by atoms with Crippen molar-refractivity contribution in [3.8, 4) is 5.82 Å². The van der Waals surface area contributed by atoms with Gasteiger partial charge in [0.05, 0.1) is 17.6 Å². The summed E-state index contributed by atoms with van der Waals surface area (Å²) in [4.78, 5) is 38.0. The van der Waals surface area contributed by atoms with Gasteiger partial charge in [-0.2, -0.15) is 0 Å². The van der Waals surface area contributed by atoms with E-state index in [4.69, 9.17) is 0 Å². The van der Waals surface area contributed by atoms with E-state index in [9.17, 15) is 4.79 Å². The van der Waals surface area contributed by atoms with Crippen LogP contribution in [0.5, 0.6) is 0 Å². The average molecular weight is 378 g/mol. The maximum absolute atomic E-state index is 12.6. The Hall–Kier alpha value is -3.36. The second kappa shape index (κ2) is 7.34. The van der Waals surface area contributed by atoms with E-state index in [1.807, 2.05) is 31.4 Å². The lowest BCUT2D eigenvalue weighted by Crippen LogP contribution is -2.49. The molecule has 144 valence electrons. The van der Waals surface area contributed by atoms with Gasteiger partial charge in [0.25, 0.3) is 5.91 Å². The fourth-order valence-electron chi connectivity index (χ4n) is 3.18. The van der Waals surface area contributed by atoms with Gasteiger partial charge in [0, 0.05) is 44.1 Å². The number of aromatic nitrogens is 6. The molecule has 4 heterocycles. The van der Waals surface area contributed by atoms with Crippen molar-refractivity contribution in [2.75, 3.05) is 31.1 Å². The third kappa shape index (κ3) is 3.42. The van der Waals surface area contributed by atoms with Gasteiger partial charge in [-0.05, 0) is 20.8 Å². The van der Waals surface area contributed by atoms with Crippen molar-refractivity contribution < 1.29 is 4.79 Å². The number of hydrogen-bond donors (Lipinski definition) is 0. The summed E-state index contributed by atoms with van der Waals surface area (Å²) in [5.41, 5.74) is 3.21. The lowest BCUT2D eigenvalue weighted by molar-refractivity contribution is 0.0740. The quantitative estimate of drug-likeness (QED) is 0.679. The molecule has 0 N–H and O–H groups in total. The van der Waals surface area contributed by atoms with E-state index in [0.29, 0.717) is 31.9 Å². The van der Waals surface area contributed by atoms with Crippen LogP contribution in [0.15, 0.2) is 31.1 Å². The van der Waals surface area contributed by atoms with Crippen LogP contribution in [-0.4, -0.2) is 66.5 Å². The minimum absolute atomic E-state index is 0.0833. The standard InChI is InChI=1S/C19H22N8O/c1-13-9-21-16(10-20-13)19(28)26-6-4-25(5-7-26)17-8-18(23-11-22-17)27-12-24-14(2)15(27)3/h8-12H,4-7H2,1-3H3. The molecule has 4 rings (SSSR count). The highest BCUT2D eigenvalue weighted by Crippen LogP contribution is 2.18. The second-order valence-corrected chi connectivity index (χ2v) is 6.84. The zero-order valence-corrected chi connectivity index (χ0v) is 16.2. The third-order valence-electron chi connectivity index (χ3n) is 5.03. The number of aryl methyl sites for hydroxylation is 2. The van der Waals surface area contributed by atoms with Crippen LogP contribution >= 0.6 is 0 Å². The summed E-state index contributed by atoms with van der Waals surface area (Å²) in [6, 6.07) is 1.96. The first-order chi connectivity index (χ1) is 13.5. The fraction of sp³-hybridized carbons (Fsp3) is 0.368. The largest absolute Gasteiger partial charge is 0.353 e. The summed E-state index contributed by atoms with van der Waals surface area (Å²) >= 11 is 0. The number of rotatable bonds is 3. The van der Waals surface area contributed by atoms with Crippen LogP contribution in [0.25, 0.3) is 5.82 Å². The Bertz CT molecular complexity index is 989. The number of imidazole rings is 1. The van der Waals surface area contributed by atoms with Crippen LogP contribution in [0.2, 0.25) is 0 Å². The highest BCUT2D eigenvalue weighted by Gasteiger charge is 2.24. The Balaban J connectivity index is 1.45. The van der Waals surface area contributed by atoms with E-state index in [2.05, 4.69) is 29.8 Å². The molecule has 28 heavy (non-hydrogen) atoms. The Kier molecular flexibility index (Phi) is 4.72. The Morgan fingerprint density at radius 1 is 0.893 bits per heavy atom. The van der Waals surface area contributed by atoms with Gasteiger partial charge in [-0.15, -0.1) is 0 Å². The summed E-state index contributed by atoms with van der Waals surface area (Å²) in [7, 11) is 0. The predicted molar refractivity (Wildman–Crippen MR) is 104 cm³/mol. The molecule has 1 fully saturated rings. The predicted octanol–water partition coefficient (Wildman–Crippen LogP) is 1.34. The topological polar surface area (TPSA) is 92.9 Å². The molecule has 0 aromatic carbocycles. The number of nitrogens with zero attached hydrogens (tertiary/aromatic N) is 8. The van der Waals surface area contributed by atoms with Crippen LogP contribution in [0.1, 0.15) is 27.6 Å². The molecule has 0 radical (unpaired) electrons. The van der Waals surface area contributed by atoms with E-state index in [-0.39, 0.29) is 5.91 Å². The van der Waals surface area contributed by atoms with Crippen molar-refractivity contribution in [2.45, 2.75) is 20.8 Å². The number of amides is 1. The van der Waals surface area contributed by atoms with Crippen molar-refractivity contribution in [1.29, 1.82) is 0 Å². The molecule has 0 saturated carbocycles. The van der Waals surface area contributed by atoms with Crippen molar-refractivity contribution >= 4 is 11.7 Å². The Morgan fingerprint density at radius 3 is 2.29 bits per heavy atom. The first kappa shape index (κ1) is 18.0. The summed E-state index contributed by atoms with van der Waals surface area (Å²) in [5.74, 6) is 1.55. The van der Waals surface area contributed by atoms with Gasteiger partial charge in [-0.3, -0.25) is 14.3 Å². The lowest BCUT2D eigenvalue weighted by atomic mass is 10.2. The molecule has 0 bridgehead atoms. The molecule has 1 amide bonds. The normalized spacial score (nSPS) is 14.4. The van der Waals surface area contributed by atoms with E-state index in [1.54, 1.807) is 23.8 Å². The van der Waals surface area contributed by atoms with Crippen LogP contribution in [0, 0.1) is 20.8 Å². The maximum atomic E-state index is 12.6. The summed E-state index contributed by atoms with van der Waals surface area (Å²) in [5, 5.41) is 0. The number of hydrogen-bond acceptors (Lipinski definition) is 7. The Morgan fingerprint density at radius 2 is 1.64 bits per heavy atom. The number of piperazine rings is 1. The molecule has 0 unspecified atom stereocenters. The van der Waals surface area contributed by atoms with Gasteiger partial charge in [-0.25, -0.2) is 19.9 Å². The fourth-order valence-corrected chi connectivity index (χ4v) is 3.18. The van der Waals surface area contributed by atoms with E-state index in [0.717, 1.165) is 28.7 Å². The van der Waals surface area contributed by atoms with E-state index < -0.39 is 0 Å². The first-order valence-corrected chi connectivity index (χ1v) is 9.19. The molecule has 9 nitrogen and oxygen atoms in total. The second-order valence-electron chi connectivity index (χ2n) is 6.84.